The maximum absolute atomic E-state index is 12.5. The Morgan fingerprint density at radius 3 is 2.64 bits per heavy atom. The van der Waals surface area contributed by atoms with Gasteiger partial charge in [-0.1, -0.05) is 55.5 Å². The van der Waals surface area contributed by atoms with Crippen LogP contribution in [-0.4, -0.2) is 36.7 Å². The maximum atomic E-state index is 12.5. The zero-order chi connectivity index (χ0) is 17.9. The van der Waals surface area contributed by atoms with Gasteiger partial charge in [0, 0.05) is 6.54 Å². The quantitative estimate of drug-likeness (QED) is 0.396. The summed E-state index contributed by atoms with van der Waals surface area (Å²) in [5.41, 5.74) is 1.45. The highest BCUT2D eigenvalue weighted by Crippen LogP contribution is 2.19. The molecule has 0 saturated carbocycles. The first kappa shape index (κ1) is 18.9. The first-order valence-corrected chi connectivity index (χ1v) is 8.58. The minimum atomic E-state index is -0.616. The maximum Gasteiger partial charge on any atom is 0.189 e. The summed E-state index contributed by atoms with van der Waals surface area (Å²) in [5, 5.41) is 13.1. The molecule has 0 radical (unpaired) electrons. The predicted molar refractivity (Wildman–Crippen MR) is 101 cm³/mol. The molecule has 0 aliphatic carbocycles. The van der Waals surface area contributed by atoms with Crippen LogP contribution in [0, 0.1) is 0 Å². The number of rotatable bonds is 10. The van der Waals surface area contributed by atoms with Crippen LogP contribution in [0.4, 0.5) is 0 Å². The minimum absolute atomic E-state index is 0.127. The summed E-state index contributed by atoms with van der Waals surface area (Å²) in [6.07, 6.45) is 3.72. The standard InChI is InChI=1S/C21H25NO3/c1-2-14-22-15-18(23)16-25-21-11-7-6-10-19(21)20(24)13-12-17-8-4-3-5-9-17/h3-13,18,22-23H,2,14-16H2,1H3/b13-12+. The molecule has 0 aromatic heterocycles. The van der Waals surface area contributed by atoms with Gasteiger partial charge in [0.15, 0.2) is 5.78 Å². The number of aliphatic hydroxyl groups excluding tert-OH is 1. The summed E-state index contributed by atoms with van der Waals surface area (Å²) in [6.45, 7) is 3.54. The molecule has 2 N–H and O–H groups in total. The van der Waals surface area contributed by atoms with E-state index in [0.29, 0.717) is 17.9 Å². The monoisotopic (exact) mass is 339 g/mol. The summed E-state index contributed by atoms with van der Waals surface area (Å²) in [5.74, 6) is 0.359. The second kappa shape index (κ2) is 10.4. The topological polar surface area (TPSA) is 58.6 Å². The van der Waals surface area contributed by atoms with Crippen molar-refractivity contribution in [3.63, 3.8) is 0 Å². The van der Waals surface area contributed by atoms with Crippen molar-refractivity contribution in [2.24, 2.45) is 0 Å². The number of ketones is 1. The molecule has 0 saturated heterocycles. The molecule has 0 aliphatic rings. The largest absolute Gasteiger partial charge is 0.490 e. The molecule has 0 spiro atoms. The lowest BCUT2D eigenvalue weighted by atomic mass is 10.1. The molecule has 1 atom stereocenters. The van der Waals surface area contributed by atoms with Crippen LogP contribution in [0.15, 0.2) is 60.7 Å². The van der Waals surface area contributed by atoms with Gasteiger partial charge in [0.05, 0.1) is 5.56 Å². The Morgan fingerprint density at radius 1 is 1.16 bits per heavy atom. The Bertz CT molecular complexity index is 683. The van der Waals surface area contributed by atoms with Crippen LogP contribution >= 0.6 is 0 Å². The van der Waals surface area contributed by atoms with Crippen molar-refractivity contribution in [2.75, 3.05) is 19.7 Å². The van der Waals surface area contributed by atoms with Crippen LogP contribution in [0.2, 0.25) is 0 Å². The van der Waals surface area contributed by atoms with Crippen molar-refractivity contribution in [1.29, 1.82) is 0 Å². The average Bonchev–Trinajstić information content (AvgIpc) is 2.66. The van der Waals surface area contributed by atoms with Crippen LogP contribution < -0.4 is 10.1 Å². The molecular weight excluding hydrogens is 314 g/mol. The van der Waals surface area contributed by atoms with Crippen molar-refractivity contribution in [1.82, 2.24) is 5.32 Å². The van der Waals surface area contributed by atoms with Gasteiger partial charge in [-0.05, 0) is 36.7 Å². The zero-order valence-corrected chi connectivity index (χ0v) is 14.5. The number of benzene rings is 2. The molecule has 4 nitrogen and oxygen atoms in total. The lowest BCUT2D eigenvalue weighted by molar-refractivity contribution is 0.0995. The smallest absolute Gasteiger partial charge is 0.189 e. The average molecular weight is 339 g/mol. The van der Waals surface area contributed by atoms with Gasteiger partial charge < -0.3 is 15.2 Å². The fourth-order valence-electron chi connectivity index (χ4n) is 2.31. The fourth-order valence-corrected chi connectivity index (χ4v) is 2.31. The number of hydrogen-bond donors (Lipinski definition) is 2. The number of carbonyl (C=O) groups is 1. The van der Waals surface area contributed by atoms with E-state index in [2.05, 4.69) is 12.2 Å². The van der Waals surface area contributed by atoms with Crippen LogP contribution in [0.1, 0.15) is 29.3 Å². The van der Waals surface area contributed by atoms with E-state index >= 15 is 0 Å². The molecule has 2 rings (SSSR count). The van der Waals surface area contributed by atoms with E-state index in [1.54, 1.807) is 24.3 Å². The third kappa shape index (κ3) is 6.53. The van der Waals surface area contributed by atoms with Crippen molar-refractivity contribution in [3.8, 4) is 5.75 Å². The van der Waals surface area contributed by atoms with E-state index in [1.807, 2.05) is 36.4 Å². The van der Waals surface area contributed by atoms with Gasteiger partial charge in [-0.2, -0.15) is 0 Å². The molecule has 1 unspecified atom stereocenters. The van der Waals surface area contributed by atoms with Gasteiger partial charge >= 0.3 is 0 Å². The third-order valence-electron chi connectivity index (χ3n) is 3.62. The molecule has 0 aliphatic heterocycles. The second-order valence-corrected chi connectivity index (χ2v) is 5.77. The molecule has 0 fully saturated rings. The molecule has 4 heteroatoms. The fraction of sp³-hybridized carbons (Fsp3) is 0.286. The van der Waals surface area contributed by atoms with Crippen molar-refractivity contribution in [2.45, 2.75) is 19.4 Å². The Hall–Kier alpha value is -2.43. The minimum Gasteiger partial charge on any atom is -0.490 e. The Kier molecular flexibility index (Phi) is 7.89. The molecule has 0 amide bonds. The van der Waals surface area contributed by atoms with Crippen LogP contribution in [0.3, 0.4) is 0 Å². The lowest BCUT2D eigenvalue weighted by Gasteiger charge is -2.14. The number of allylic oxidation sites excluding steroid dienone is 1. The molecular formula is C21H25NO3. The summed E-state index contributed by atoms with van der Waals surface area (Å²) in [6, 6.07) is 16.7. The first-order chi connectivity index (χ1) is 12.2. The van der Waals surface area contributed by atoms with Crippen LogP contribution in [-0.2, 0) is 0 Å². The van der Waals surface area contributed by atoms with Gasteiger partial charge in [0.25, 0.3) is 0 Å². The third-order valence-corrected chi connectivity index (χ3v) is 3.62. The summed E-state index contributed by atoms with van der Waals surface area (Å²) < 4.78 is 5.66. The highest BCUT2D eigenvalue weighted by Gasteiger charge is 2.11. The van der Waals surface area contributed by atoms with Crippen molar-refractivity contribution < 1.29 is 14.6 Å². The highest BCUT2D eigenvalue weighted by atomic mass is 16.5. The van der Waals surface area contributed by atoms with E-state index in [1.165, 1.54) is 6.08 Å². The van der Waals surface area contributed by atoms with E-state index in [0.717, 1.165) is 18.5 Å². The number of para-hydroxylation sites is 1. The van der Waals surface area contributed by atoms with Gasteiger partial charge in [-0.25, -0.2) is 0 Å². The number of hydrogen-bond acceptors (Lipinski definition) is 4. The van der Waals surface area contributed by atoms with E-state index in [9.17, 15) is 9.90 Å². The van der Waals surface area contributed by atoms with Crippen molar-refractivity contribution >= 4 is 11.9 Å². The number of ether oxygens (including phenoxy) is 1. The first-order valence-electron chi connectivity index (χ1n) is 8.58. The van der Waals surface area contributed by atoms with E-state index < -0.39 is 6.10 Å². The SMILES string of the molecule is CCCNCC(O)COc1ccccc1C(=O)/C=C/c1ccccc1. The summed E-state index contributed by atoms with van der Waals surface area (Å²) in [4.78, 5) is 12.5. The molecule has 25 heavy (non-hydrogen) atoms. The Balaban J connectivity index is 1.97. The molecule has 2 aromatic rings. The number of nitrogens with one attached hydrogen (secondary N) is 1. The van der Waals surface area contributed by atoms with E-state index in [4.69, 9.17) is 4.74 Å². The van der Waals surface area contributed by atoms with Crippen LogP contribution in [0.25, 0.3) is 6.08 Å². The predicted octanol–water partition coefficient (Wildman–Crippen LogP) is 3.32. The molecule has 132 valence electrons. The zero-order valence-electron chi connectivity index (χ0n) is 14.5. The van der Waals surface area contributed by atoms with Crippen molar-refractivity contribution in [3.05, 3.63) is 71.8 Å². The molecule has 0 heterocycles. The summed E-state index contributed by atoms with van der Waals surface area (Å²) in [7, 11) is 0. The van der Waals surface area contributed by atoms with E-state index in [-0.39, 0.29) is 12.4 Å². The summed E-state index contributed by atoms with van der Waals surface area (Å²) >= 11 is 0. The number of aliphatic hydroxyl groups is 1. The van der Waals surface area contributed by atoms with Gasteiger partial charge in [0.1, 0.15) is 18.5 Å². The Morgan fingerprint density at radius 2 is 1.88 bits per heavy atom. The molecule has 0 bridgehead atoms. The Labute approximate surface area is 149 Å². The highest BCUT2D eigenvalue weighted by molar-refractivity contribution is 6.08. The molecule has 2 aromatic carbocycles. The van der Waals surface area contributed by atoms with Crippen LogP contribution in [0.5, 0.6) is 5.75 Å². The van der Waals surface area contributed by atoms with Gasteiger partial charge in [0.2, 0.25) is 0 Å². The second-order valence-electron chi connectivity index (χ2n) is 5.77. The normalized spacial score (nSPS) is 12.2. The lowest BCUT2D eigenvalue weighted by Crippen LogP contribution is -2.32. The van der Waals surface area contributed by atoms with Gasteiger partial charge in [-0.3, -0.25) is 4.79 Å². The van der Waals surface area contributed by atoms with Gasteiger partial charge in [-0.15, -0.1) is 0 Å². The number of carbonyl (C=O) groups excluding carboxylic acids is 1.